The monoisotopic (exact) mass is 270 g/mol. The average molecular weight is 270 g/mol. The predicted molar refractivity (Wildman–Crippen MR) is 76.9 cm³/mol. The van der Waals surface area contributed by atoms with E-state index in [1.807, 2.05) is 24.3 Å². The Morgan fingerprint density at radius 3 is 2.35 bits per heavy atom. The summed E-state index contributed by atoms with van der Waals surface area (Å²) in [5, 5.41) is 0. The maximum absolute atomic E-state index is 12.7. The fraction of sp³-hybridized carbons (Fsp3) is 0.118. The van der Waals surface area contributed by atoms with Crippen LogP contribution in [0.3, 0.4) is 0 Å². The molecule has 0 N–H and O–H groups in total. The fourth-order valence-electron chi connectivity index (χ4n) is 1.80. The Balaban J connectivity index is 1.97. The number of esters is 1. The van der Waals surface area contributed by atoms with Crippen LogP contribution in [0.15, 0.2) is 54.6 Å². The molecular weight excluding hydrogens is 255 g/mol. The summed E-state index contributed by atoms with van der Waals surface area (Å²) in [6.07, 6.45) is 4.69. The van der Waals surface area contributed by atoms with Crippen LogP contribution in [0.1, 0.15) is 21.5 Å². The predicted octanol–water partition coefficient (Wildman–Crippen LogP) is 3.87. The molecular formula is C17H15FO2. The van der Waals surface area contributed by atoms with Gasteiger partial charge >= 0.3 is 5.97 Å². The van der Waals surface area contributed by atoms with Crippen molar-refractivity contribution < 1.29 is 13.9 Å². The molecule has 0 radical (unpaired) electrons. The second-order valence-corrected chi connectivity index (χ2v) is 4.35. The molecule has 0 atom stereocenters. The van der Waals surface area contributed by atoms with Crippen LogP contribution in [-0.2, 0) is 11.2 Å². The van der Waals surface area contributed by atoms with Gasteiger partial charge in [-0.25, -0.2) is 9.18 Å². The topological polar surface area (TPSA) is 26.3 Å². The van der Waals surface area contributed by atoms with E-state index in [1.54, 1.807) is 24.3 Å². The highest BCUT2D eigenvalue weighted by Crippen LogP contribution is 2.09. The van der Waals surface area contributed by atoms with E-state index in [0.29, 0.717) is 5.56 Å². The molecule has 0 spiro atoms. The van der Waals surface area contributed by atoms with E-state index < -0.39 is 0 Å². The maximum Gasteiger partial charge on any atom is 0.337 e. The number of carbonyl (C=O) groups is 1. The number of hydrogen-bond donors (Lipinski definition) is 0. The molecule has 2 aromatic rings. The molecule has 0 amide bonds. The van der Waals surface area contributed by atoms with Crippen molar-refractivity contribution in [3.63, 3.8) is 0 Å². The molecule has 20 heavy (non-hydrogen) atoms. The molecule has 0 aliphatic heterocycles. The lowest BCUT2D eigenvalue weighted by atomic mass is 10.1. The van der Waals surface area contributed by atoms with Crippen LogP contribution in [0.25, 0.3) is 6.08 Å². The van der Waals surface area contributed by atoms with Crippen LogP contribution < -0.4 is 0 Å². The summed E-state index contributed by atoms with van der Waals surface area (Å²) in [7, 11) is 1.36. The van der Waals surface area contributed by atoms with Crippen molar-refractivity contribution in [2.75, 3.05) is 7.11 Å². The Bertz CT molecular complexity index is 598. The quantitative estimate of drug-likeness (QED) is 0.788. The van der Waals surface area contributed by atoms with Gasteiger partial charge in [0.2, 0.25) is 0 Å². The molecule has 2 rings (SSSR count). The molecule has 0 heterocycles. The van der Waals surface area contributed by atoms with Gasteiger partial charge in [0, 0.05) is 0 Å². The molecule has 2 nitrogen and oxygen atoms in total. The standard InChI is InChI=1S/C17H15FO2/c1-20-17(19)15-9-5-13(6-10-15)3-2-4-14-7-11-16(18)12-8-14/h2,4-12H,3H2,1H3/b4-2+. The normalized spacial score (nSPS) is 10.7. The minimum atomic E-state index is -0.335. The molecule has 0 aliphatic carbocycles. The molecule has 0 saturated carbocycles. The Labute approximate surface area is 117 Å². The van der Waals surface area contributed by atoms with Gasteiger partial charge in [0.05, 0.1) is 12.7 Å². The smallest absolute Gasteiger partial charge is 0.337 e. The molecule has 0 saturated heterocycles. The first-order valence-corrected chi connectivity index (χ1v) is 6.28. The minimum Gasteiger partial charge on any atom is -0.465 e. The molecule has 2 aromatic carbocycles. The summed E-state index contributed by atoms with van der Waals surface area (Å²) in [5.41, 5.74) is 2.59. The second kappa shape index (κ2) is 6.66. The van der Waals surface area contributed by atoms with Gasteiger partial charge in [0.1, 0.15) is 5.82 Å². The number of halogens is 1. The first-order chi connectivity index (χ1) is 9.69. The van der Waals surface area contributed by atoms with Crippen molar-refractivity contribution in [1.82, 2.24) is 0 Å². The van der Waals surface area contributed by atoms with E-state index in [1.165, 1.54) is 19.2 Å². The van der Waals surface area contributed by atoms with Crippen LogP contribution in [-0.4, -0.2) is 13.1 Å². The summed E-state index contributed by atoms with van der Waals surface area (Å²) in [6, 6.07) is 13.6. The van der Waals surface area contributed by atoms with Gasteiger partial charge in [0.15, 0.2) is 0 Å². The zero-order chi connectivity index (χ0) is 14.4. The van der Waals surface area contributed by atoms with Gasteiger partial charge in [0.25, 0.3) is 0 Å². The number of allylic oxidation sites excluding steroid dienone is 1. The zero-order valence-electron chi connectivity index (χ0n) is 11.2. The van der Waals surface area contributed by atoms with Crippen molar-refractivity contribution in [2.45, 2.75) is 6.42 Å². The lowest BCUT2D eigenvalue weighted by Gasteiger charge is -2.00. The summed E-state index contributed by atoms with van der Waals surface area (Å²) in [5.74, 6) is -0.570. The van der Waals surface area contributed by atoms with E-state index in [9.17, 15) is 9.18 Å². The van der Waals surface area contributed by atoms with Gasteiger partial charge in [-0.1, -0.05) is 36.4 Å². The highest BCUT2D eigenvalue weighted by atomic mass is 19.1. The van der Waals surface area contributed by atoms with Crippen molar-refractivity contribution in [3.05, 3.63) is 77.1 Å². The summed E-state index contributed by atoms with van der Waals surface area (Å²) in [6.45, 7) is 0. The van der Waals surface area contributed by atoms with Crippen LogP contribution in [0.4, 0.5) is 4.39 Å². The number of carbonyl (C=O) groups excluding carboxylic acids is 1. The van der Waals surface area contributed by atoms with E-state index in [-0.39, 0.29) is 11.8 Å². The van der Waals surface area contributed by atoms with E-state index >= 15 is 0 Å². The van der Waals surface area contributed by atoms with Gasteiger partial charge in [-0.3, -0.25) is 0 Å². The van der Waals surface area contributed by atoms with Gasteiger partial charge in [-0.05, 0) is 41.8 Å². The van der Waals surface area contributed by atoms with Gasteiger partial charge in [-0.2, -0.15) is 0 Å². The van der Waals surface area contributed by atoms with Crippen molar-refractivity contribution >= 4 is 12.0 Å². The summed E-state index contributed by atoms with van der Waals surface area (Å²) >= 11 is 0. The van der Waals surface area contributed by atoms with Crippen molar-refractivity contribution in [1.29, 1.82) is 0 Å². The van der Waals surface area contributed by atoms with Gasteiger partial charge < -0.3 is 4.74 Å². The molecule has 0 unspecified atom stereocenters. The largest absolute Gasteiger partial charge is 0.465 e. The third-order valence-corrected chi connectivity index (χ3v) is 2.91. The zero-order valence-corrected chi connectivity index (χ0v) is 11.2. The van der Waals surface area contributed by atoms with E-state index in [4.69, 9.17) is 0 Å². The van der Waals surface area contributed by atoms with Gasteiger partial charge in [-0.15, -0.1) is 0 Å². The highest BCUT2D eigenvalue weighted by Gasteiger charge is 2.03. The van der Waals surface area contributed by atoms with E-state index in [2.05, 4.69) is 4.74 Å². The second-order valence-electron chi connectivity index (χ2n) is 4.35. The molecule has 0 aromatic heterocycles. The lowest BCUT2D eigenvalue weighted by Crippen LogP contribution is -2.00. The number of benzene rings is 2. The minimum absolute atomic E-state index is 0.236. The van der Waals surface area contributed by atoms with Crippen molar-refractivity contribution in [2.24, 2.45) is 0 Å². The Kier molecular flexibility index (Phi) is 4.66. The number of ether oxygens (including phenoxy) is 1. The van der Waals surface area contributed by atoms with Crippen LogP contribution in [0, 0.1) is 5.82 Å². The molecule has 0 aliphatic rings. The SMILES string of the molecule is COC(=O)c1ccc(C/C=C/c2ccc(F)cc2)cc1. The number of rotatable bonds is 4. The maximum atomic E-state index is 12.7. The Morgan fingerprint density at radius 2 is 1.75 bits per heavy atom. The van der Waals surface area contributed by atoms with Crippen LogP contribution in [0.2, 0.25) is 0 Å². The molecule has 0 fully saturated rings. The molecule has 0 bridgehead atoms. The Morgan fingerprint density at radius 1 is 1.10 bits per heavy atom. The Hall–Kier alpha value is -2.42. The summed E-state index contributed by atoms with van der Waals surface area (Å²) < 4.78 is 17.4. The third-order valence-electron chi connectivity index (χ3n) is 2.91. The number of hydrogen-bond acceptors (Lipinski definition) is 2. The fourth-order valence-corrected chi connectivity index (χ4v) is 1.80. The first-order valence-electron chi connectivity index (χ1n) is 6.28. The average Bonchev–Trinajstić information content (AvgIpc) is 2.49. The molecule has 102 valence electrons. The highest BCUT2D eigenvalue weighted by molar-refractivity contribution is 5.89. The van der Waals surface area contributed by atoms with Crippen LogP contribution >= 0.6 is 0 Å². The summed E-state index contributed by atoms with van der Waals surface area (Å²) in [4.78, 5) is 11.3. The molecule has 3 heteroatoms. The van der Waals surface area contributed by atoms with Crippen molar-refractivity contribution in [3.8, 4) is 0 Å². The lowest BCUT2D eigenvalue weighted by molar-refractivity contribution is 0.0600. The number of methoxy groups -OCH3 is 1. The first kappa shape index (κ1) is 14.0. The van der Waals surface area contributed by atoms with Crippen LogP contribution in [0.5, 0.6) is 0 Å². The van der Waals surface area contributed by atoms with E-state index in [0.717, 1.165) is 17.5 Å². The third kappa shape index (κ3) is 3.79.